The van der Waals surface area contributed by atoms with Crippen LogP contribution in [0, 0.1) is 11.8 Å². The highest BCUT2D eigenvalue weighted by Crippen LogP contribution is 2.47. The molecule has 2 aromatic rings. The third kappa shape index (κ3) is 9.71. The highest BCUT2D eigenvalue weighted by atomic mass is 35.5. The fourth-order valence-electron chi connectivity index (χ4n) is 8.20. The number of fused-ring (bicyclic) bond motifs is 3. The molecule has 1 aliphatic heterocycles. The number of hydrogen-bond acceptors (Lipinski definition) is 8. The van der Waals surface area contributed by atoms with Gasteiger partial charge in [0.15, 0.2) is 8.32 Å². The van der Waals surface area contributed by atoms with Crippen molar-refractivity contribution in [1.29, 1.82) is 0 Å². The van der Waals surface area contributed by atoms with E-state index in [2.05, 4.69) is 68.8 Å². The van der Waals surface area contributed by atoms with E-state index in [1.54, 1.807) is 44.4 Å². The van der Waals surface area contributed by atoms with Gasteiger partial charge in [-0.3, -0.25) is 4.79 Å². The van der Waals surface area contributed by atoms with Gasteiger partial charge in [0.25, 0.3) is 5.91 Å². The van der Waals surface area contributed by atoms with Crippen molar-refractivity contribution in [3.05, 3.63) is 83.4 Å². The molecule has 1 saturated carbocycles. The van der Waals surface area contributed by atoms with Crippen molar-refractivity contribution in [1.82, 2.24) is 9.03 Å². The average molecular weight is 817 g/mol. The molecule has 1 unspecified atom stereocenters. The van der Waals surface area contributed by atoms with Crippen LogP contribution in [0.4, 0.5) is 5.69 Å². The lowest BCUT2D eigenvalue weighted by molar-refractivity contribution is 0.0460. The van der Waals surface area contributed by atoms with Crippen LogP contribution in [0.3, 0.4) is 0 Å². The van der Waals surface area contributed by atoms with Crippen molar-refractivity contribution in [2.24, 2.45) is 11.8 Å². The van der Waals surface area contributed by atoms with Crippen molar-refractivity contribution in [2.75, 3.05) is 44.9 Å². The lowest BCUT2D eigenvalue weighted by Crippen LogP contribution is -2.54. The number of carbonyl (C=O) groups is 1. The molecule has 2 aromatic carbocycles. The molecule has 304 valence electrons. The highest BCUT2D eigenvalue weighted by Gasteiger charge is 2.45. The Morgan fingerprint density at radius 2 is 1.96 bits per heavy atom. The van der Waals surface area contributed by atoms with Crippen molar-refractivity contribution < 1.29 is 32.2 Å². The summed E-state index contributed by atoms with van der Waals surface area (Å²) in [5.41, 5.74) is 3.04. The fraction of sp³-hybridized carbons (Fsp3) is 0.595. The number of rotatable bonds is 16. The van der Waals surface area contributed by atoms with Gasteiger partial charge >= 0.3 is 10.2 Å². The number of amides is 1. The SMILES string of the molecule is C=CC[C@H](C)N(C[C@H](COC)O[Si](C)(C)C(C)(C)C)S(=O)(=O)NC(=O)c1ccc2c(c1)N(C[C@@H]1CC[C@H]1[C@@H](O)C=C)CC1(CCCc3cc(Cl)ccc31)CO2. The summed E-state index contributed by atoms with van der Waals surface area (Å²) < 4.78 is 50.8. The van der Waals surface area contributed by atoms with Gasteiger partial charge in [0.1, 0.15) is 5.75 Å². The van der Waals surface area contributed by atoms with Gasteiger partial charge in [-0.15, -0.1) is 13.2 Å². The molecule has 1 spiro atoms. The first-order chi connectivity index (χ1) is 25.8. The summed E-state index contributed by atoms with van der Waals surface area (Å²) in [6, 6.07) is 10.7. The summed E-state index contributed by atoms with van der Waals surface area (Å²) in [5, 5.41) is 11.3. The van der Waals surface area contributed by atoms with E-state index in [1.807, 2.05) is 6.07 Å². The summed E-state index contributed by atoms with van der Waals surface area (Å²) in [6.07, 6.45) is 7.22. The van der Waals surface area contributed by atoms with E-state index in [9.17, 15) is 18.3 Å². The number of aliphatic hydroxyl groups is 1. The van der Waals surface area contributed by atoms with E-state index in [-0.39, 0.29) is 41.0 Å². The van der Waals surface area contributed by atoms with E-state index < -0.39 is 42.7 Å². The Morgan fingerprint density at radius 3 is 2.60 bits per heavy atom. The van der Waals surface area contributed by atoms with Gasteiger partial charge in [-0.05, 0) is 117 Å². The van der Waals surface area contributed by atoms with Gasteiger partial charge in [0, 0.05) is 48.8 Å². The monoisotopic (exact) mass is 815 g/mol. The third-order valence-electron chi connectivity index (χ3n) is 12.4. The second-order valence-corrected chi connectivity index (χ2v) is 24.2. The van der Waals surface area contributed by atoms with Crippen LogP contribution >= 0.6 is 11.6 Å². The molecule has 55 heavy (non-hydrogen) atoms. The third-order valence-corrected chi connectivity index (χ3v) is 18.8. The zero-order chi connectivity index (χ0) is 40.3. The Bertz CT molecular complexity index is 1820. The first-order valence-corrected chi connectivity index (χ1v) is 24.3. The zero-order valence-corrected chi connectivity index (χ0v) is 36.3. The molecule has 1 fully saturated rings. The smallest absolute Gasteiger partial charge is 0.304 e. The van der Waals surface area contributed by atoms with E-state index in [1.165, 1.54) is 15.4 Å². The zero-order valence-electron chi connectivity index (χ0n) is 33.8. The number of aliphatic hydroxyl groups excluding tert-OH is 1. The molecule has 0 aromatic heterocycles. The average Bonchev–Trinajstić information content (AvgIpc) is 3.24. The summed E-state index contributed by atoms with van der Waals surface area (Å²) in [5.74, 6) is 0.174. The Morgan fingerprint density at radius 1 is 1.22 bits per heavy atom. The van der Waals surface area contributed by atoms with Crippen LogP contribution in [0.25, 0.3) is 0 Å². The maximum atomic E-state index is 14.2. The Balaban J connectivity index is 1.46. The molecule has 0 saturated heterocycles. The predicted molar refractivity (Wildman–Crippen MR) is 224 cm³/mol. The Kier molecular flexibility index (Phi) is 13.7. The van der Waals surface area contributed by atoms with Crippen LogP contribution in [-0.4, -0.2) is 90.3 Å². The van der Waals surface area contributed by atoms with Crippen LogP contribution in [0.5, 0.6) is 5.75 Å². The van der Waals surface area contributed by atoms with Gasteiger partial charge in [0.05, 0.1) is 31.1 Å². The van der Waals surface area contributed by atoms with Crippen LogP contribution in [0.1, 0.15) is 81.3 Å². The van der Waals surface area contributed by atoms with Crippen LogP contribution in [0.15, 0.2) is 61.7 Å². The van der Waals surface area contributed by atoms with Crippen molar-refractivity contribution >= 4 is 41.7 Å². The number of anilines is 1. The first kappa shape index (κ1) is 43.4. The van der Waals surface area contributed by atoms with Crippen LogP contribution in [-0.2, 0) is 31.2 Å². The molecule has 6 atom stereocenters. The van der Waals surface area contributed by atoms with Crippen molar-refractivity contribution in [3.63, 3.8) is 0 Å². The molecular formula is C42H62ClN3O7SSi. The number of carbonyl (C=O) groups excluding carboxylic acids is 1. The van der Waals surface area contributed by atoms with Crippen molar-refractivity contribution in [2.45, 2.75) is 108 Å². The molecule has 10 nitrogen and oxygen atoms in total. The molecule has 1 heterocycles. The summed E-state index contributed by atoms with van der Waals surface area (Å²) >= 11 is 6.45. The molecule has 2 N–H and O–H groups in total. The molecular weight excluding hydrogens is 754 g/mol. The van der Waals surface area contributed by atoms with Crippen LogP contribution < -0.4 is 14.4 Å². The van der Waals surface area contributed by atoms with E-state index >= 15 is 0 Å². The molecule has 5 rings (SSSR count). The van der Waals surface area contributed by atoms with E-state index in [4.69, 9.17) is 25.5 Å². The summed E-state index contributed by atoms with van der Waals surface area (Å²) in [6.45, 7) is 22.0. The minimum absolute atomic E-state index is 0.00232. The maximum Gasteiger partial charge on any atom is 0.304 e. The predicted octanol–water partition coefficient (Wildman–Crippen LogP) is 7.66. The highest BCUT2D eigenvalue weighted by molar-refractivity contribution is 7.87. The number of methoxy groups -OCH3 is 1. The molecule has 2 aliphatic carbocycles. The normalized spacial score (nSPS) is 23.1. The maximum absolute atomic E-state index is 14.2. The van der Waals surface area contributed by atoms with Gasteiger partial charge < -0.3 is 23.9 Å². The van der Waals surface area contributed by atoms with E-state index in [0.717, 1.165) is 37.8 Å². The topological polar surface area (TPSA) is 118 Å². The number of ether oxygens (including phenoxy) is 2. The summed E-state index contributed by atoms with van der Waals surface area (Å²) in [7, 11) is -5.09. The lowest BCUT2D eigenvalue weighted by Gasteiger charge is -2.45. The molecule has 3 aliphatic rings. The van der Waals surface area contributed by atoms with Crippen LogP contribution in [0.2, 0.25) is 23.2 Å². The standard InChI is InChI=1S/C42H62ClN3O7SSi/c1-10-13-29(3)46(25-34(26-51-7)53-55(8,9)41(4,5)6)54(49,50)44-40(48)31-16-20-39-37(23-31)45(24-32-15-18-35(32)38(47)11-2)27-42(28-52-39)21-12-14-30-22-33(43)17-19-36(30)42/h10-11,16-17,19-20,22-23,29,32,34-35,38,47H,1-2,12-15,18,21,24-28H2,3-9H3,(H,44,48)/t29-,32-,34+,35+,38-,42?/m0/s1. The Labute approximate surface area is 335 Å². The van der Waals surface area contributed by atoms with Gasteiger partial charge in [-0.2, -0.15) is 12.7 Å². The quantitative estimate of drug-likeness (QED) is 0.131. The number of nitrogens with zero attached hydrogens (tertiary/aromatic N) is 2. The number of hydrogen-bond donors (Lipinski definition) is 2. The number of benzene rings is 2. The van der Waals surface area contributed by atoms with E-state index in [0.29, 0.717) is 36.9 Å². The second-order valence-electron chi connectivity index (χ2n) is 17.3. The molecule has 0 bridgehead atoms. The number of aryl methyl sites for hydroxylation is 1. The molecule has 1 amide bonds. The minimum atomic E-state index is -4.36. The Hall–Kier alpha value is -2.71. The largest absolute Gasteiger partial charge is 0.490 e. The van der Waals surface area contributed by atoms with Gasteiger partial charge in [-0.25, -0.2) is 4.72 Å². The van der Waals surface area contributed by atoms with Crippen molar-refractivity contribution in [3.8, 4) is 5.75 Å². The summed E-state index contributed by atoms with van der Waals surface area (Å²) in [4.78, 5) is 16.3. The second kappa shape index (κ2) is 17.4. The molecule has 13 heteroatoms. The number of halogens is 1. The fourth-order valence-corrected chi connectivity index (χ4v) is 11.1. The molecule has 0 radical (unpaired) electrons. The van der Waals surface area contributed by atoms with Gasteiger partial charge in [0.2, 0.25) is 0 Å². The first-order valence-electron chi connectivity index (χ1n) is 19.6. The number of nitrogens with one attached hydrogen (secondary N) is 1. The minimum Gasteiger partial charge on any atom is -0.490 e. The lowest BCUT2D eigenvalue weighted by atomic mass is 9.68. The van der Waals surface area contributed by atoms with Gasteiger partial charge in [-0.1, -0.05) is 50.6 Å².